The summed E-state index contributed by atoms with van der Waals surface area (Å²) in [6, 6.07) is 12.3. The van der Waals surface area contributed by atoms with Gasteiger partial charge in [-0.05, 0) is 48.9 Å². The molecule has 0 radical (unpaired) electrons. The number of nitrogens with one attached hydrogen (secondary N) is 1. The summed E-state index contributed by atoms with van der Waals surface area (Å²) in [5.41, 5.74) is 0.986. The molecule has 5 nitrogen and oxygen atoms in total. The molecule has 1 saturated heterocycles. The Bertz CT molecular complexity index is 798. The van der Waals surface area contributed by atoms with Crippen molar-refractivity contribution >= 4 is 29.2 Å². The van der Waals surface area contributed by atoms with Crippen molar-refractivity contribution in [1.82, 2.24) is 9.80 Å². The van der Waals surface area contributed by atoms with Crippen molar-refractivity contribution < 1.29 is 14.0 Å². The van der Waals surface area contributed by atoms with E-state index in [9.17, 15) is 14.0 Å². The van der Waals surface area contributed by atoms with Crippen LogP contribution in [0.1, 0.15) is 16.8 Å². The largest absolute Gasteiger partial charge is 0.337 e. The lowest BCUT2D eigenvalue weighted by Crippen LogP contribution is -2.39. The molecule has 1 aliphatic heterocycles. The van der Waals surface area contributed by atoms with E-state index in [0.717, 1.165) is 0 Å². The maximum absolute atomic E-state index is 13.3. The van der Waals surface area contributed by atoms with Gasteiger partial charge in [-0.1, -0.05) is 17.7 Å². The molecular formula is C19H19ClFN3O2. The van der Waals surface area contributed by atoms with Gasteiger partial charge in [-0.15, -0.1) is 0 Å². The maximum Gasteiger partial charge on any atom is 0.321 e. The molecule has 3 rings (SSSR count). The third-order valence-corrected chi connectivity index (χ3v) is 4.49. The van der Waals surface area contributed by atoms with Crippen LogP contribution in [0.4, 0.5) is 14.9 Å². The summed E-state index contributed by atoms with van der Waals surface area (Å²) in [6.45, 7) is 1.90. The Morgan fingerprint density at radius 2 is 1.65 bits per heavy atom. The van der Waals surface area contributed by atoms with Gasteiger partial charge in [0.25, 0.3) is 5.91 Å². The highest BCUT2D eigenvalue weighted by Gasteiger charge is 2.23. The minimum atomic E-state index is -0.436. The molecule has 2 aromatic carbocycles. The van der Waals surface area contributed by atoms with Crippen LogP contribution in [-0.2, 0) is 0 Å². The summed E-state index contributed by atoms with van der Waals surface area (Å²) in [5.74, 6) is -0.654. The summed E-state index contributed by atoms with van der Waals surface area (Å²) < 4.78 is 13.3. The van der Waals surface area contributed by atoms with Gasteiger partial charge in [0, 0.05) is 42.5 Å². The first-order valence-electron chi connectivity index (χ1n) is 8.39. The fourth-order valence-corrected chi connectivity index (χ4v) is 2.99. The number of anilines is 1. The van der Waals surface area contributed by atoms with Crippen molar-refractivity contribution in [3.05, 3.63) is 64.9 Å². The van der Waals surface area contributed by atoms with E-state index in [0.29, 0.717) is 48.9 Å². The molecule has 1 N–H and O–H groups in total. The number of urea groups is 1. The topological polar surface area (TPSA) is 52.7 Å². The van der Waals surface area contributed by atoms with Gasteiger partial charge < -0.3 is 15.1 Å². The number of halogens is 2. The summed E-state index contributed by atoms with van der Waals surface area (Å²) >= 11 is 5.84. The number of hydrogen-bond acceptors (Lipinski definition) is 2. The molecule has 0 bridgehead atoms. The molecular weight excluding hydrogens is 357 g/mol. The molecule has 0 aromatic heterocycles. The molecule has 26 heavy (non-hydrogen) atoms. The maximum atomic E-state index is 13.3. The molecule has 1 aliphatic rings. The molecule has 0 saturated carbocycles. The zero-order valence-corrected chi connectivity index (χ0v) is 14.9. The van der Waals surface area contributed by atoms with Crippen LogP contribution in [0.2, 0.25) is 5.02 Å². The van der Waals surface area contributed by atoms with E-state index in [2.05, 4.69) is 5.32 Å². The van der Waals surface area contributed by atoms with Gasteiger partial charge in [-0.3, -0.25) is 4.79 Å². The lowest BCUT2D eigenvalue weighted by atomic mass is 10.2. The van der Waals surface area contributed by atoms with Crippen LogP contribution in [0, 0.1) is 5.82 Å². The number of rotatable bonds is 2. The molecule has 0 unspecified atom stereocenters. The van der Waals surface area contributed by atoms with Crippen molar-refractivity contribution in [2.75, 3.05) is 31.5 Å². The van der Waals surface area contributed by atoms with Gasteiger partial charge in [-0.25, -0.2) is 9.18 Å². The van der Waals surface area contributed by atoms with E-state index in [-0.39, 0.29) is 11.9 Å². The van der Waals surface area contributed by atoms with Gasteiger partial charge in [0.05, 0.1) is 0 Å². The molecule has 0 spiro atoms. The van der Waals surface area contributed by atoms with Crippen LogP contribution in [0.15, 0.2) is 48.5 Å². The number of hydrogen-bond donors (Lipinski definition) is 1. The second-order valence-corrected chi connectivity index (χ2v) is 6.52. The summed E-state index contributed by atoms with van der Waals surface area (Å²) in [6.07, 6.45) is 0.662. The highest BCUT2D eigenvalue weighted by molar-refractivity contribution is 6.30. The van der Waals surface area contributed by atoms with E-state index in [1.54, 1.807) is 40.1 Å². The van der Waals surface area contributed by atoms with E-state index in [4.69, 9.17) is 11.6 Å². The Balaban J connectivity index is 1.59. The zero-order chi connectivity index (χ0) is 18.5. The van der Waals surface area contributed by atoms with Crippen LogP contribution < -0.4 is 5.32 Å². The number of carbonyl (C=O) groups excluding carboxylic acids is 2. The minimum Gasteiger partial charge on any atom is -0.337 e. The first-order valence-corrected chi connectivity index (χ1v) is 8.77. The van der Waals surface area contributed by atoms with Crippen molar-refractivity contribution in [3.63, 3.8) is 0 Å². The Labute approximate surface area is 156 Å². The summed E-state index contributed by atoms with van der Waals surface area (Å²) in [5, 5.41) is 3.43. The summed E-state index contributed by atoms with van der Waals surface area (Å²) in [7, 11) is 0. The second kappa shape index (κ2) is 8.19. The zero-order valence-electron chi connectivity index (χ0n) is 14.1. The third kappa shape index (κ3) is 4.52. The number of nitrogens with zero attached hydrogens (tertiary/aromatic N) is 2. The van der Waals surface area contributed by atoms with Crippen LogP contribution >= 0.6 is 11.6 Å². The van der Waals surface area contributed by atoms with E-state index >= 15 is 0 Å². The molecule has 0 aliphatic carbocycles. The number of amides is 3. The Morgan fingerprint density at radius 3 is 2.38 bits per heavy atom. The average Bonchev–Trinajstić information content (AvgIpc) is 2.89. The molecule has 7 heteroatoms. The van der Waals surface area contributed by atoms with Gasteiger partial charge in [0.15, 0.2) is 0 Å². The van der Waals surface area contributed by atoms with Crippen molar-refractivity contribution in [2.24, 2.45) is 0 Å². The lowest BCUT2D eigenvalue weighted by molar-refractivity contribution is 0.0762. The van der Waals surface area contributed by atoms with Crippen LogP contribution in [-0.4, -0.2) is 47.9 Å². The van der Waals surface area contributed by atoms with E-state index in [1.165, 1.54) is 18.2 Å². The lowest BCUT2D eigenvalue weighted by Gasteiger charge is -2.22. The molecule has 2 aromatic rings. The smallest absolute Gasteiger partial charge is 0.321 e. The summed E-state index contributed by atoms with van der Waals surface area (Å²) in [4.78, 5) is 28.3. The van der Waals surface area contributed by atoms with Crippen LogP contribution in [0.25, 0.3) is 0 Å². The predicted octanol–water partition coefficient (Wildman–Crippen LogP) is 3.86. The fourth-order valence-electron chi connectivity index (χ4n) is 2.86. The monoisotopic (exact) mass is 375 g/mol. The fraction of sp³-hybridized carbons (Fsp3) is 0.263. The Kier molecular flexibility index (Phi) is 5.73. The molecule has 3 amide bonds. The van der Waals surface area contributed by atoms with E-state index in [1.807, 2.05) is 0 Å². The van der Waals surface area contributed by atoms with Gasteiger partial charge in [0.2, 0.25) is 0 Å². The Hall–Kier alpha value is -2.60. The standard InChI is InChI=1S/C19H19ClFN3O2/c20-15-5-7-17(8-6-15)22-19(26)24-10-2-9-23(11-12-24)18(25)14-3-1-4-16(21)13-14/h1,3-8,13H,2,9-12H2,(H,22,26). The van der Waals surface area contributed by atoms with Crippen molar-refractivity contribution in [1.29, 1.82) is 0 Å². The van der Waals surface area contributed by atoms with Crippen molar-refractivity contribution in [3.8, 4) is 0 Å². The third-order valence-electron chi connectivity index (χ3n) is 4.24. The number of benzene rings is 2. The van der Waals surface area contributed by atoms with Crippen LogP contribution in [0.5, 0.6) is 0 Å². The highest BCUT2D eigenvalue weighted by atomic mass is 35.5. The highest BCUT2D eigenvalue weighted by Crippen LogP contribution is 2.15. The SMILES string of the molecule is O=C(Nc1ccc(Cl)cc1)N1CCCN(C(=O)c2cccc(F)c2)CC1. The first kappa shape index (κ1) is 18.2. The van der Waals surface area contributed by atoms with E-state index < -0.39 is 5.82 Å². The molecule has 1 fully saturated rings. The normalized spacial score (nSPS) is 14.7. The van der Waals surface area contributed by atoms with Crippen LogP contribution in [0.3, 0.4) is 0 Å². The quantitative estimate of drug-likeness (QED) is 0.866. The predicted molar refractivity (Wildman–Crippen MR) is 99.0 cm³/mol. The average molecular weight is 376 g/mol. The molecule has 136 valence electrons. The second-order valence-electron chi connectivity index (χ2n) is 6.08. The first-order chi connectivity index (χ1) is 12.5. The molecule has 0 atom stereocenters. The van der Waals surface area contributed by atoms with Gasteiger partial charge in [0.1, 0.15) is 5.82 Å². The number of carbonyl (C=O) groups is 2. The molecule has 1 heterocycles. The van der Waals surface area contributed by atoms with Gasteiger partial charge in [-0.2, -0.15) is 0 Å². The Morgan fingerprint density at radius 1 is 0.962 bits per heavy atom. The minimum absolute atomic E-state index is 0.215. The van der Waals surface area contributed by atoms with Gasteiger partial charge >= 0.3 is 6.03 Å². The van der Waals surface area contributed by atoms with Crippen molar-refractivity contribution in [2.45, 2.75) is 6.42 Å².